The molecule has 1 atom stereocenters. The van der Waals surface area contributed by atoms with Gasteiger partial charge in [0, 0.05) is 32.9 Å². The van der Waals surface area contributed by atoms with Gasteiger partial charge in [-0.15, -0.1) is 0 Å². The molecule has 0 aromatic heterocycles. The number of carbonyl (C=O) groups is 2. The number of nitrogens with one attached hydrogen (secondary N) is 1. The number of carbonyl (C=O) groups excluding carboxylic acids is 2. The molecule has 1 unspecified atom stereocenters. The van der Waals surface area contributed by atoms with E-state index in [1.54, 1.807) is 0 Å². The zero-order chi connectivity index (χ0) is 17.0. The second-order valence-electron chi connectivity index (χ2n) is 6.36. The zero-order valence-electron chi connectivity index (χ0n) is 14.0. The van der Waals surface area contributed by atoms with Crippen LogP contribution in [0.15, 0.2) is 30.3 Å². The maximum absolute atomic E-state index is 12.7. The van der Waals surface area contributed by atoms with Crippen LogP contribution in [0.2, 0.25) is 0 Å². The first-order chi connectivity index (χ1) is 11.6. The predicted molar refractivity (Wildman–Crippen MR) is 88.1 cm³/mol. The van der Waals surface area contributed by atoms with Crippen LogP contribution in [0, 0.1) is 0 Å². The fourth-order valence-corrected chi connectivity index (χ4v) is 3.37. The lowest BCUT2D eigenvalue weighted by Gasteiger charge is -2.38. The van der Waals surface area contributed by atoms with Crippen LogP contribution in [-0.4, -0.2) is 48.8 Å². The number of likely N-dealkylation sites (tertiary alicyclic amines) is 1. The molecule has 1 aromatic carbocycles. The molecule has 1 N–H and O–H groups in total. The molecule has 6 heteroatoms. The summed E-state index contributed by atoms with van der Waals surface area (Å²) in [5, 5.41) is 2.88. The van der Waals surface area contributed by atoms with Gasteiger partial charge < -0.3 is 19.7 Å². The van der Waals surface area contributed by atoms with Crippen LogP contribution in [0.3, 0.4) is 0 Å². The summed E-state index contributed by atoms with van der Waals surface area (Å²) in [6.45, 7) is 3.99. The van der Waals surface area contributed by atoms with Gasteiger partial charge in [-0.1, -0.05) is 30.3 Å². The van der Waals surface area contributed by atoms with Gasteiger partial charge in [0.2, 0.25) is 11.8 Å². The van der Waals surface area contributed by atoms with Gasteiger partial charge >= 0.3 is 0 Å². The molecule has 0 aliphatic carbocycles. The van der Waals surface area contributed by atoms with Crippen molar-refractivity contribution in [2.24, 2.45) is 0 Å². The molecule has 3 rings (SSSR count). The molecule has 2 amide bonds. The summed E-state index contributed by atoms with van der Waals surface area (Å²) in [6.07, 6.45) is 1.67. The zero-order valence-corrected chi connectivity index (χ0v) is 14.0. The van der Waals surface area contributed by atoms with Gasteiger partial charge in [-0.3, -0.25) is 9.59 Å². The summed E-state index contributed by atoms with van der Waals surface area (Å²) in [5.41, 5.74) is 0.942. The van der Waals surface area contributed by atoms with Gasteiger partial charge in [0.1, 0.15) is 0 Å². The number of nitrogens with zero attached hydrogens (tertiary/aromatic N) is 1. The minimum absolute atomic E-state index is 0.0467. The van der Waals surface area contributed by atoms with E-state index < -0.39 is 5.79 Å². The first-order valence-electron chi connectivity index (χ1n) is 8.46. The van der Waals surface area contributed by atoms with Crippen molar-refractivity contribution in [1.29, 1.82) is 0 Å². The Morgan fingerprint density at radius 1 is 1.17 bits per heavy atom. The Bertz CT molecular complexity index is 574. The largest absolute Gasteiger partial charge is 0.349 e. The number of hydrogen-bond donors (Lipinski definition) is 1. The second-order valence-corrected chi connectivity index (χ2v) is 6.36. The minimum Gasteiger partial charge on any atom is -0.349 e. The summed E-state index contributed by atoms with van der Waals surface area (Å²) in [5.74, 6) is -0.569. The van der Waals surface area contributed by atoms with Crippen molar-refractivity contribution < 1.29 is 19.1 Å². The molecular formula is C18H24N2O4. The highest BCUT2D eigenvalue weighted by molar-refractivity contribution is 5.79. The standard InChI is InChI=1S/C18H24N2O4/c1-14(21)19-16(15-5-3-2-4-6-15)13-17(22)20-9-7-18(8-10-20)23-11-12-24-18/h2-6,16H,7-13H2,1H3,(H,19,21). The fraction of sp³-hybridized carbons (Fsp3) is 0.556. The van der Waals surface area contributed by atoms with Crippen LogP contribution in [-0.2, 0) is 19.1 Å². The average molecular weight is 332 g/mol. The molecule has 2 heterocycles. The number of amides is 2. The molecule has 24 heavy (non-hydrogen) atoms. The number of hydrogen-bond acceptors (Lipinski definition) is 4. The molecule has 2 fully saturated rings. The molecule has 0 saturated carbocycles. The van der Waals surface area contributed by atoms with E-state index in [0.29, 0.717) is 39.1 Å². The van der Waals surface area contributed by atoms with Crippen LogP contribution >= 0.6 is 0 Å². The lowest BCUT2D eigenvalue weighted by atomic mass is 10.00. The molecule has 1 aromatic rings. The van der Waals surface area contributed by atoms with Crippen LogP contribution in [0.5, 0.6) is 0 Å². The third-order valence-electron chi connectivity index (χ3n) is 4.65. The monoisotopic (exact) mass is 332 g/mol. The van der Waals surface area contributed by atoms with E-state index in [1.807, 2.05) is 35.2 Å². The van der Waals surface area contributed by atoms with E-state index in [0.717, 1.165) is 5.56 Å². The predicted octanol–water partition coefficient (Wildman–Crippen LogP) is 1.62. The highest BCUT2D eigenvalue weighted by Gasteiger charge is 2.40. The molecule has 130 valence electrons. The molecule has 0 radical (unpaired) electrons. The Morgan fingerprint density at radius 3 is 2.38 bits per heavy atom. The second kappa shape index (κ2) is 7.32. The van der Waals surface area contributed by atoms with Crippen molar-refractivity contribution in [3.63, 3.8) is 0 Å². The van der Waals surface area contributed by atoms with Crippen molar-refractivity contribution in [2.45, 2.75) is 38.0 Å². The third kappa shape index (κ3) is 3.94. The highest BCUT2D eigenvalue weighted by atomic mass is 16.7. The number of benzene rings is 1. The summed E-state index contributed by atoms with van der Waals surface area (Å²) in [4.78, 5) is 26.0. The Labute approximate surface area is 142 Å². The van der Waals surface area contributed by atoms with E-state index in [-0.39, 0.29) is 24.3 Å². The smallest absolute Gasteiger partial charge is 0.224 e. The lowest BCUT2D eigenvalue weighted by Crippen LogP contribution is -2.48. The quantitative estimate of drug-likeness (QED) is 0.910. The summed E-state index contributed by atoms with van der Waals surface area (Å²) < 4.78 is 11.4. The Kier molecular flexibility index (Phi) is 5.16. The maximum Gasteiger partial charge on any atom is 0.224 e. The van der Waals surface area contributed by atoms with Crippen molar-refractivity contribution >= 4 is 11.8 Å². The van der Waals surface area contributed by atoms with Crippen LogP contribution < -0.4 is 5.32 Å². The fourth-order valence-electron chi connectivity index (χ4n) is 3.37. The van der Waals surface area contributed by atoms with Crippen LogP contribution in [0.4, 0.5) is 0 Å². The average Bonchev–Trinajstić information content (AvgIpc) is 3.03. The molecule has 2 aliphatic rings. The maximum atomic E-state index is 12.7. The van der Waals surface area contributed by atoms with Crippen molar-refractivity contribution in [1.82, 2.24) is 10.2 Å². The SMILES string of the molecule is CC(=O)NC(CC(=O)N1CCC2(CC1)OCCO2)c1ccccc1. The topological polar surface area (TPSA) is 67.9 Å². The van der Waals surface area contributed by atoms with E-state index in [1.165, 1.54) is 6.92 Å². The van der Waals surface area contributed by atoms with E-state index in [9.17, 15) is 9.59 Å². The van der Waals surface area contributed by atoms with Crippen molar-refractivity contribution in [3.05, 3.63) is 35.9 Å². The van der Waals surface area contributed by atoms with Crippen molar-refractivity contribution in [3.8, 4) is 0 Å². The van der Waals surface area contributed by atoms with Gasteiger partial charge in [-0.25, -0.2) is 0 Å². The van der Waals surface area contributed by atoms with Crippen molar-refractivity contribution in [2.75, 3.05) is 26.3 Å². The third-order valence-corrected chi connectivity index (χ3v) is 4.65. The van der Waals surface area contributed by atoms with E-state index in [2.05, 4.69) is 5.32 Å². The summed E-state index contributed by atoms with van der Waals surface area (Å²) in [6, 6.07) is 9.30. The molecule has 1 spiro atoms. The summed E-state index contributed by atoms with van der Waals surface area (Å²) >= 11 is 0. The Hall–Kier alpha value is -1.92. The highest BCUT2D eigenvalue weighted by Crippen LogP contribution is 2.31. The van der Waals surface area contributed by atoms with Gasteiger partial charge in [0.05, 0.1) is 25.7 Å². The summed E-state index contributed by atoms with van der Waals surface area (Å²) in [7, 11) is 0. The van der Waals surface area contributed by atoms with E-state index in [4.69, 9.17) is 9.47 Å². The van der Waals surface area contributed by atoms with Gasteiger partial charge in [0.15, 0.2) is 5.79 Å². The Balaban J connectivity index is 1.60. The van der Waals surface area contributed by atoms with Gasteiger partial charge in [-0.05, 0) is 5.56 Å². The van der Waals surface area contributed by atoms with Crippen LogP contribution in [0.25, 0.3) is 0 Å². The molecule has 0 bridgehead atoms. The van der Waals surface area contributed by atoms with Gasteiger partial charge in [-0.2, -0.15) is 0 Å². The van der Waals surface area contributed by atoms with Crippen LogP contribution in [0.1, 0.15) is 37.8 Å². The van der Waals surface area contributed by atoms with Gasteiger partial charge in [0.25, 0.3) is 0 Å². The first kappa shape index (κ1) is 16.9. The molecule has 2 aliphatic heterocycles. The number of piperidine rings is 1. The minimum atomic E-state index is -0.479. The van der Waals surface area contributed by atoms with E-state index >= 15 is 0 Å². The molecule has 6 nitrogen and oxygen atoms in total. The lowest BCUT2D eigenvalue weighted by molar-refractivity contribution is -0.187. The molecular weight excluding hydrogens is 308 g/mol. The normalized spacial score (nSPS) is 20.8. The number of ether oxygens (including phenoxy) is 2. The Morgan fingerprint density at radius 2 is 1.79 bits per heavy atom. The molecule has 2 saturated heterocycles. The number of rotatable bonds is 4. The first-order valence-corrected chi connectivity index (χ1v) is 8.46.